The zero-order valence-corrected chi connectivity index (χ0v) is 14.4. The molecule has 4 N–H and O–H groups in total. The van der Waals surface area contributed by atoms with Crippen molar-refractivity contribution in [1.82, 2.24) is 10.7 Å². The number of thioether (sulfide) groups is 1. The maximum absolute atomic E-state index is 11.9. The van der Waals surface area contributed by atoms with Crippen molar-refractivity contribution in [2.75, 3.05) is 7.11 Å². The van der Waals surface area contributed by atoms with Crippen LogP contribution in [0.1, 0.15) is 5.56 Å². The standard InChI is InChI=1S/C14H12N4O5S2/c1-22-9-4-7(6-16-18-13(15)24)2-3-8(9)23-11(19)5-10-12(20)17-14(21)25-10/h2-6H,1H3,(H3,15,18,24)(H,17,20,21)/b10-5-,16-6+. The summed E-state index contributed by atoms with van der Waals surface area (Å²) in [6, 6.07) is 4.68. The molecule has 1 fully saturated rings. The van der Waals surface area contributed by atoms with Gasteiger partial charge in [-0.15, -0.1) is 0 Å². The first kappa shape index (κ1) is 18.4. The Morgan fingerprint density at radius 3 is 2.76 bits per heavy atom. The molecule has 1 aromatic rings. The molecule has 0 aromatic heterocycles. The van der Waals surface area contributed by atoms with Gasteiger partial charge in [0, 0.05) is 6.08 Å². The van der Waals surface area contributed by atoms with Crippen molar-refractivity contribution < 1.29 is 23.9 Å². The van der Waals surface area contributed by atoms with E-state index >= 15 is 0 Å². The number of amides is 2. The molecule has 0 spiro atoms. The van der Waals surface area contributed by atoms with Crippen molar-refractivity contribution in [3.05, 3.63) is 34.7 Å². The van der Waals surface area contributed by atoms with Crippen molar-refractivity contribution in [1.29, 1.82) is 0 Å². The molecule has 25 heavy (non-hydrogen) atoms. The molecule has 0 radical (unpaired) electrons. The van der Waals surface area contributed by atoms with Crippen LogP contribution in [0.15, 0.2) is 34.3 Å². The molecule has 0 aliphatic carbocycles. The number of thiocarbonyl (C=S) groups is 1. The Morgan fingerprint density at radius 1 is 1.40 bits per heavy atom. The number of benzene rings is 1. The highest BCUT2D eigenvalue weighted by atomic mass is 32.2. The molecular formula is C14H12N4O5S2. The molecule has 2 rings (SSSR count). The molecular weight excluding hydrogens is 368 g/mol. The van der Waals surface area contributed by atoms with Crippen molar-refractivity contribution in [2.45, 2.75) is 0 Å². The van der Waals surface area contributed by atoms with Crippen LogP contribution in [0.2, 0.25) is 0 Å². The number of hydrogen-bond donors (Lipinski definition) is 3. The lowest BCUT2D eigenvalue weighted by Crippen LogP contribution is -2.23. The van der Waals surface area contributed by atoms with Gasteiger partial charge < -0.3 is 15.2 Å². The van der Waals surface area contributed by atoms with Crippen LogP contribution in [-0.2, 0) is 9.59 Å². The summed E-state index contributed by atoms with van der Waals surface area (Å²) in [5.74, 6) is -1.05. The van der Waals surface area contributed by atoms with Crippen LogP contribution in [0, 0.1) is 0 Å². The second-order valence-corrected chi connectivity index (χ2v) is 5.87. The molecule has 1 saturated heterocycles. The molecule has 9 nitrogen and oxygen atoms in total. The monoisotopic (exact) mass is 380 g/mol. The number of nitrogens with zero attached hydrogens (tertiary/aromatic N) is 1. The molecule has 1 aliphatic rings. The normalized spacial score (nSPS) is 15.3. The zero-order chi connectivity index (χ0) is 18.4. The van der Waals surface area contributed by atoms with E-state index in [0.717, 1.165) is 6.08 Å². The summed E-state index contributed by atoms with van der Waals surface area (Å²) >= 11 is 5.24. The summed E-state index contributed by atoms with van der Waals surface area (Å²) in [5, 5.41) is 5.31. The van der Waals surface area contributed by atoms with Crippen molar-refractivity contribution in [3.8, 4) is 11.5 Å². The second kappa shape index (κ2) is 8.26. The van der Waals surface area contributed by atoms with Crippen molar-refractivity contribution in [3.63, 3.8) is 0 Å². The first-order valence-corrected chi connectivity index (χ1v) is 7.84. The molecule has 0 saturated carbocycles. The molecule has 1 aliphatic heterocycles. The van der Waals surface area contributed by atoms with Gasteiger partial charge in [0.1, 0.15) is 0 Å². The predicted octanol–water partition coefficient (Wildman–Crippen LogP) is 0.635. The van der Waals surface area contributed by atoms with Crippen molar-refractivity contribution >= 4 is 52.4 Å². The van der Waals surface area contributed by atoms with Crippen LogP contribution in [-0.4, -0.2) is 35.6 Å². The van der Waals surface area contributed by atoms with E-state index in [4.69, 9.17) is 15.2 Å². The van der Waals surface area contributed by atoms with E-state index in [1.54, 1.807) is 12.1 Å². The highest BCUT2D eigenvalue weighted by Crippen LogP contribution is 2.28. The van der Waals surface area contributed by atoms with E-state index in [-0.39, 0.29) is 21.5 Å². The number of nitrogens with one attached hydrogen (secondary N) is 2. The lowest BCUT2D eigenvalue weighted by atomic mass is 10.2. The third-order valence-electron chi connectivity index (χ3n) is 2.68. The number of hydrazone groups is 1. The highest BCUT2D eigenvalue weighted by molar-refractivity contribution is 8.18. The second-order valence-electron chi connectivity index (χ2n) is 4.42. The summed E-state index contributed by atoms with van der Waals surface area (Å²) in [7, 11) is 1.40. The highest BCUT2D eigenvalue weighted by Gasteiger charge is 2.26. The number of carbonyl (C=O) groups is 3. The molecule has 0 unspecified atom stereocenters. The van der Waals surface area contributed by atoms with Gasteiger partial charge in [-0.1, -0.05) is 0 Å². The molecule has 11 heteroatoms. The Hall–Kier alpha value is -2.92. The van der Waals surface area contributed by atoms with Gasteiger partial charge in [-0.25, -0.2) is 4.79 Å². The van der Waals surface area contributed by atoms with Gasteiger partial charge >= 0.3 is 5.97 Å². The zero-order valence-electron chi connectivity index (χ0n) is 12.8. The molecule has 0 bridgehead atoms. The Morgan fingerprint density at radius 2 is 2.16 bits per heavy atom. The minimum absolute atomic E-state index is 0.0223. The molecule has 1 aromatic carbocycles. The average molecular weight is 380 g/mol. The lowest BCUT2D eigenvalue weighted by molar-refractivity contribution is -0.129. The molecule has 130 valence electrons. The predicted molar refractivity (Wildman–Crippen MR) is 95.4 cm³/mol. The summed E-state index contributed by atoms with van der Waals surface area (Å²) in [5.41, 5.74) is 8.28. The van der Waals surface area contributed by atoms with Gasteiger partial charge in [0.25, 0.3) is 11.1 Å². The van der Waals surface area contributed by atoms with E-state index in [2.05, 4.69) is 22.7 Å². The van der Waals surface area contributed by atoms with Gasteiger partial charge in [0.15, 0.2) is 16.6 Å². The van der Waals surface area contributed by atoms with Crippen LogP contribution in [0.5, 0.6) is 11.5 Å². The number of esters is 1. The summed E-state index contributed by atoms with van der Waals surface area (Å²) in [4.78, 5) is 34.3. The first-order chi connectivity index (χ1) is 11.9. The van der Waals surface area contributed by atoms with E-state index in [1.807, 2.05) is 5.32 Å². The topological polar surface area (TPSA) is 132 Å². The first-order valence-electron chi connectivity index (χ1n) is 6.62. The fourth-order valence-corrected chi connectivity index (χ4v) is 2.38. The van der Waals surface area contributed by atoms with Crippen LogP contribution < -0.4 is 25.9 Å². The average Bonchev–Trinajstić information content (AvgIpc) is 2.85. The van der Waals surface area contributed by atoms with E-state index < -0.39 is 17.1 Å². The third kappa shape index (κ3) is 5.29. The summed E-state index contributed by atoms with van der Waals surface area (Å²) in [6.45, 7) is 0. The van der Waals surface area contributed by atoms with Gasteiger partial charge in [-0.3, -0.25) is 20.3 Å². The van der Waals surface area contributed by atoms with Gasteiger partial charge in [-0.05, 0) is 47.7 Å². The van der Waals surface area contributed by atoms with Crippen LogP contribution in [0.4, 0.5) is 4.79 Å². The molecule has 2 amide bonds. The minimum atomic E-state index is -0.817. The lowest BCUT2D eigenvalue weighted by Gasteiger charge is -2.08. The Kier molecular flexibility index (Phi) is 6.08. The summed E-state index contributed by atoms with van der Waals surface area (Å²) < 4.78 is 10.3. The van der Waals surface area contributed by atoms with Crippen LogP contribution in [0.3, 0.4) is 0 Å². The Labute approximate surface area is 151 Å². The number of hydrogen-bond acceptors (Lipinski definition) is 8. The number of carbonyl (C=O) groups excluding carboxylic acids is 3. The number of rotatable bonds is 5. The number of methoxy groups -OCH3 is 1. The molecule has 1 heterocycles. The smallest absolute Gasteiger partial charge is 0.337 e. The van der Waals surface area contributed by atoms with Gasteiger partial charge in [0.2, 0.25) is 0 Å². The van der Waals surface area contributed by atoms with Crippen molar-refractivity contribution in [2.24, 2.45) is 10.8 Å². The molecule has 0 atom stereocenters. The van der Waals surface area contributed by atoms with E-state index in [1.165, 1.54) is 19.4 Å². The quantitative estimate of drug-likeness (QED) is 0.168. The minimum Gasteiger partial charge on any atom is -0.493 e. The number of imide groups is 1. The summed E-state index contributed by atoms with van der Waals surface area (Å²) in [6.07, 6.45) is 2.38. The third-order valence-corrected chi connectivity index (χ3v) is 3.58. The van der Waals surface area contributed by atoms with Gasteiger partial charge in [0.05, 0.1) is 18.2 Å². The fraction of sp³-hybridized carbons (Fsp3) is 0.0714. The van der Waals surface area contributed by atoms with Crippen LogP contribution in [0.25, 0.3) is 0 Å². The van der Waals surface area contributed by atoms with E-state index in [9.17, 15) is 14.4 Å². The maximum Gasteiger partial charge on any atom is 0.337 e. The Bertz CT molecular complexity index is 806. The largest absolute Gasteiger partial charge is 0.493 e. The fourth-order valence-electron chi connectivity index (χ4n) is 1.69. The number of ether oxygens (including phenoxy) is 2. The number of nitrogens with two attached hydrogens (primary N) is 1. The van der Waals surface area contributed by atoms with Crippen LogP contribution >= 0.6 is 24.0 Å². The van der Waals surface area contributed by atoms with Gasteiger partial charge in [-0.2, -0.15) is 5.10 Å². The SMILES string of the molecule is COc1cc(/C=N/NC(N)=S)ccc1OC(=O)/C=C1\SC(=O)NC1=O. The maximum atomic E-state index is 11.9. The Balaban J connectivity index is 2.11. The van der Waals surface area contributed by atoms with E-state index in [0.29, 0.717) is 17.3 Å².